The van der Waals surface area contributed by atoms with Gasteiger partial charge in [0.25, 0.3) is 0 Å². The lowest BCUT2D eigenvalue weighted by Crippen LogP contribution is -2.42. The van der Waals surface area contributed by atoms with Crippen molar-refractivity contribution in [1.82, 2.24) is 5.32 Å². The maximum Gasteiger partial charge on any atom is 0.0712 e. The van der Waals surface area contributed by atoms with Gasteiger partial charge in [0, 0.05) is 12.6 Å². The lowest BCUT2D eigenvalue weighted by atomic mass is 9.89. The summed E-state index contributed by atoms with van der Waals surface area (Å²) in [6, 6.07) is 0.633. The second-order valence-electron chi connectivity index (χ2n) is 5.18. The van der Waals surface area contributed by atoms with E-state index in [0.29, 0.717) is 6.04 Å². The Bertz CT molecular complexity index is 161. The molecule has 0 aromatic rings. The topological polar surface area (TPSA) is 32.3 Å². The third-order valence-corrected chi connectivity index (χ3v) is 3.87. The van der Waals surface area contributed by atoms with E-state index in [-0.39, 0.29) is 11.5 Å². The average Bonchev–Trinajstić information content (AvgIpc) is 2.14. The maximum atomic E-state index is 9.85. The van der Waals surface area contributed by atoms with E-state index < -0.39 is 0 Å². The second kappa shape index (κ2) is 5.38. The molecule has 2 nitrogen and oxygen atoms in total. The van der Waals surface area contributed by atoms with Gasteiger partial charge in [-0.25, -0.2) is 0 Å². The van der Waals surface area contributed by atoms with Gasteiger partial charge in [0.15, 0.2) is 0 Å². The quantitative estimate of drug-likeness (QED) is 0.757. The molecule has 3 heteroatoms. The molecule has 2 N–H and O–H groups in total. The van der Waals surface area contributed by atoms with E-state index in [4.69, 9.17) is 0 Å². The molecule has 1 atom stereocenters. The Kier molecular flexibility index (Phi) is 4.74. The van der Waals surface area contributed by atoms with E-state index in [1.165, 1.54) is 24.3 Å². The third-order valence-electron chi connectivity index (χ3n) is 2.82. The standard InChI is InChI=1S/C11H23NOS/c1-11(2,3)10(13)8-12-9-4-6-14-7-5-9/h9-10,12-13H,4-8H2,1-3H3. The van der Waals surface area contributed by atoms with E-state index in [2.05, 4.69) is 26.1 Å². The highest BCUT2D eigenvalue weighted by molar-refractivity contribution is 7.99. The van der Waals surface area contributed by atoms with Crippen molar-refractivity contribution in [3.8, 4) is 0 Å². The molecule has 84 valence electrons. The van der Waals surface area contributed by atoms with Crippen LogP contribution >= 0.6 is 11.8 Å². The van der Waals surface area contributed by atoms with Crippen LogP contribution < -0.4 is 5.32 Å². The van der Waals surface area contributed by atoms with Gasteiger partial charge in [-0.05, 0) is 29.8 Å². The van der Waals surface area contributed by atoms with E-state index in [0.717, 1.165) is 6.54 Å². The highest BCUT2D eigenvalue weighted by atomic mass is 32.2. The molecule has 0 radical (unpaired) electrons. The van der Waals surface area contributed by atoms with E-state index in [1.807, 2.05) is 11.8 Å². The van der Waals surface area contributed by atoms with Gasteiger partial charge in [0.2, 0.25) is 0 Å². The Morgan fingerprint density at radius 3 is 2.43 bits per heavy atom. The predicted octanol–water partition coefficient (Wildman–Crippen LogP) is 1.88. The second-order valence-corrected chi connectivity index (χ2v) is 6.40. The lowest BCUT2D eigenvalue weighted by Gasteiger charge is -2.29. The largest absolute Gasteiger partial charge is 0.391 e. The SMILES string of the molecule is CC(C)(C)C(O)CNC1CCSCC1. The molecular weight excluding hydrogens is 194 g/mol. The molecule has 1 aliphatic rings. The summed E-state index contributed by atoms with van der Waals surface area (Å²) in [5.74, 6) is 2.53. The van der Waals surface area contributed by atoms with Crippen LogP contribution in [0.1, 0.15) is 33.6 Å². The molecule has 1 unspecified atom stereocenters. The molecule has 0 aromatic carbocycles. The van der Waals surface area contributed by atoms with Crippen LogP contribution in [0.3, 0.4) is 0 Å². The zero-order chi connectivity index (χ0) is 10.6. The average molecular weight is 217 g/mol. The number of aliphatic hydroxyl groups is 1. The molecule has 0 saturated carbocycles. The van der Waals surface area contributed by atoms with Crippen molar-refractivity contribution >= 4 is 11.8 Å². The van der Waals surface area contributed by atoms with Crippen molar-refractivity contribution in [3.63, 3.8) is 0 Å². The Morgan fingerprint density at radius 1 is 1.36 bits per heavy atom. The Labute approximate surface area is 91.9 Å². The first-order valence-corrected chi connectivity index (χ1v) is 6.65. The molecule has 1 heterocycles. The summed E-state index contributed by atoms with van der Waals surface area (Å²) in [5, 5.41) is 13.3. The summed E-state index contributed by atoms with van der Waals surface area (Å²) in [6.07, 6.45) is 2.26. The molecule has 0 spiro atoms. The van der Waals surface area contributed by atoms with Crippen LogP contribution in [0.4, 0.5) is 0 Å². The Balaban J connectivity index is 2.19. The summed E-state index contributed by atoms with van der Waals surface area (Å²) < 4.78 is 0. The van der Waals surface area contributed by atoms with E-state index >= 15 is 0 Å². The van der Waals surface area contributed by atoms with Gasteiger partial charge in [-0.3, -0.25) is 0 Å². The number of hydrogen-bond acceptors (Lipinski definition) is 3. The van der Waals surface area contributed by atoms with Gasteiger partial charge in [0.1, 0.15) is 0 Å². The molecule has 14 heavy (non-hydrogen) atoms. The fraction of sp³-hybridized carbons (Fsp3) is 1.00. The number of aliphatic hydroxyl groups excluding tert-OH is 1. The first-order chi connectivity index (χ1) is 6.50. The summed E-state index contributed by atoms with van der Waals surface area (Å²) >= 11 is 2.04. The van der Waals surface area contributed by atoms with Gasteiger partial charge in [-0.2, -0.15) is 11.8 Å². The fourth-order valence-electron chi connectivity index (χ4n) is 1.49. The van der Waals surface area contributed by atoms with Gasteiger partial charge < -0.3 is 10.4 Å². The summed E-state index contributed by atoms with van der Waals surface area (Å²) in [6.45, 7) is 6.97. The van der Waals surface area contributed by atoms with Gasteiger partial charge in [-0.1, -0.05) is 20.8 Å². The van der Waals surface area contributed by atoms with Crippen molar-refractivity contribution in [2.75, 3.05) is 18.1 Å². The number of nitrogens with one attached hydrogen (secondary N) is 1. The highest BCUT2D eigenvalue weighted by Gasteiger charge is 2.23. The number of hydrogen-bond donors (Lipinski definition) is 2. The van der Waals surface area contributed by atoms with Crippen LogP contribution in [0.15, 0.2) is 0 Å². The summed E-state index contributed by atoms with van der Waals surface area (Å²) in [7, 11) is 0. The first-order valence-electron chi connectivity index (χ1n) is 5.49. The normalized spacial score (nSPS) is 22.3. The van der Waals surface area contributed by atoms with Crippen molar-refractivity contribution < 1.29 is 5.11 Å². The number of rotatable bonds is 3. The number of thioether (sulfide) groups is 1. The van der Waals surface area contributed by atoms with Crippen LogP contribution in [-0.2, 0) is 0 Å². The van der Waals surface area contributed by atoms with Crippen LogP contribution in [0, 0.1) is 5.41 Å². The Hall–Kier alpha value is 0.270. The first kappa shape index (κ1) is 12.3. The Morgan fingerprint density at radius 2 is 1.93 bits per heavy atom. The van der Waals surface area contributed by atoms with Crippen molar-refractivity contribution in [2.45, 2.75) is 45.8 Å². The lowest BCUT2D eigenvalue weighted by molar-refractivity contribution is 0.0601. The predicted molar refractivity (Wildman–Crippen MR) is 63.8 cm³/mol. The van der Waals surface area contributed by atoms with Crippen molar-refractivity contribution in [3.05, 3.63) is 0 Å². The summed E-state index contributed by atoms with van der Waals surface area (Å²) in [4.78, 5) is 0. The van der Waals surface area contributed by atoms with Crippen molar-refractivity contribution in [2.24, 2.45) is 5.41 Å². The van der Waals surface area contributed by atoms with Crippen LogP contribution in [0.5, 0.6) is 0 Å². The van der Waals surface area contributed by atoms with Gasteiger partial charge in [-0.15, -0.1) is 0 Å². The molecule has 1 rings (SSSR count). The minimum atomic E-state index is -0.239. The molecule has 1 aliphatic heterocycles. The van der Waals surface area contributed by atoms with Crippen molar-refractivity contribution in [1.29, 1.82) is 0 Å². The van der Waals surface area contributed by atoms with Crippen LogP contribution in [0.25, 0.3) is 0 Å². The van der Waals surface area contributed by atoms with E-state index in [1.54, 1.807) is 0 Å². The minimum Gasteiger partial charge on any atom is -0.391 e. The molecule has 0 aromatic heterocycles. The molecule has 1 fully saturated rings. The molecule has 0 amide bonds. The zero-order valence-electron chi connectivity index (χ0n) is 9.55. The molecule has 0 bridgehead atoms. The monoisotopic (exact) mass is 217 g/mol. The fourth-order valence-corrected chi connectivity index (χ4v) is 2.59. The van der Waals surface area contributed by atoms with Crippen LogP contribution in [0.2, 0.25) is 0 Å². The highest BCUT2D eigenvalue weighted by Crippen LogP contribution is 2.20. The molecule has 1 saturated heterocycles. The van der Waals surface area contributed by atoms with E-state index in [9.17, 15) is 5.11 Å². The summed E-state index contributed by atoms with van der Waals surface area (Å²) in [5.41, 5.74) is -0.00355. The minimum absolute atomic E-state index is 0.00355. The molecular formula is C11H23NOS. The van der Waals surface area contributed by atoms with Gasteiger partial charge in [0.05, 0.1) is 6.10 Å². The van der Waals surface area contributed by atoms with Crippen LogP contribution in [-0.4, -0.2) is 35.3 Å². The third kappa shape index (κ3) is 4.20. The maximum absolute atomic E-state index is 9.85. The zero-order valence-corrected chi connectivity index (χ0v) is 10.4. The molecule has 0 aliphatic carbocycles. The van der Waals surface area contributed by atoms with Gasteiger partial charge >= 0.3 is 0 Å². The smallest absolute Gasteiger partial charge is 0.0712 e.